The van der Waals surface area contributed by atoms with Crippen molar-refractivity contribution in [3.63, 3.8) is 0 Å². The molecule has 0 saturated carbocycles. The van der Waals surface area contributed by atoms with Crippen molar-refractivity contribution in [1.82, 2.24) is 0 Å². The lowest BCUT2D eigenvalue weighted by atomic mass is 10.1. The largest absolute Gasteiger partial charge is 0.501 e. The van der Waals surface area contributed by atoms with Crippen LogP contribution < -0.4 is 10.2 Å². The Labute approximate surface area is 118 Å². The molecule has 1 aromatic rings. The molecule has 1 amide bonds. The summed E-state index contributed by atoms with van der Waals surface area (Å²) in [5.41, 5.74) is 2.43. The fraction of sp³-hybridized carbons (Fsp3) is 0.400. The topological polar surface area (TPSA) is 61.8 Å². The number of carbonyl (C=O) groups excluding carboxylic acids is 1. The van der Waals surface area contributed by atoms with Crippen LogP contribution in [-0.4, -0.2) is 37.8 Å². The van der Waals surface area contributed by atoms with E-state index in [0.717, 1.165) is 24.2 Å². The first-order valence-electron chi connectivity index (χ1n) is 6.75. The third-order valence-electron chi connectivity index (χ3n) is 3.23. The van der Waals surface area contributed by atoms with Gasteiger partial charge in [-0.05, 0) is 37.1 Å². The maximum Gasteiger partial charge on any atom is 0.254 e. The Balaban J connectivity index is 1.96. The highest BCUT2D eigenvalue weighted by Gasteiger charge is 2.13. The maximum atomic E-state index is 12.0. The number of likely N-dealkylation sites (N-methyl/N-ethyl adjacent to an activating group) is 1. The number of nitrogens with zero attached hydrogens (tertiary/aromatic N) is 1. The van der Waals surface area contributed by atoms with E-state index in [2.05, 4.69) is 5.32 Å². The van der Waals surface area contributed by atoms with Gasteiger partial charge in [0.25, 0.3) is 5.91 Å². The Hall–Kier alpha value is -2.01. The molecular weight excluding hydrogens is 256 g/mol. The molecule has 2 N–H and O–H groups in total. The van der Waals surface area contributed by atoms with Crippen molar-refractivity contribution in [3.05, 3.63) is 36.1 Å². The molecule has 5 nitrogen and oxygen atoms in total. The smallest absolute Gasteiger partial charge is 0.254 e. The lowest BCUT2D eigenvalue weighted by Crippen LogP contribution is -2.21. The molecule has 0 saturated heterocycles. The SMILES string of the molecule is CN(CCO)c1ccc(NC(=O)C2=COCCC2)cc1. The number of carbonyl (C=O) groups is 1. The van der Waals surface area contributed by atoms with Gasteiger partial charge in [-0.1, -0.05) is 0 Å². The number of rotatable bonds is 5. The van der Waals surface area contributed by atoms with Crippen molar-refractivity contribution in [3.8, 4) is 0 Å². The average molecular weight is 276 g/mol. The van der Waals surface area contributed by atoms with Gasteiger partial charge in [-0.2, -0.15) is 0 Å². The molecule has 0 aromatic heterocycles. The van der Waals surface area contributed by atoms with Crippen LogP contribution in [0.15, 0.2) is 36.1 Å². The monoisotopic (exact) mass is 276 g/mol. The molecule has 5 heteroatoms. The van der Waals surface area contributed by atoms with Gasteiger partial charge in [-0.15, -0.1) is 0 Å². The predicted molar refractivity (Wildman–Crippen MR) is 78.7 cm³/mol. The molecule has 0 bridgehead atoms. The summed E-state index contributed by atoms with van der Waals surface area (Å²) in [4.78, 5) is 13.9. The van der Waals surface area contributed by atoms with Crippen LogP contribution in [0.4, 0.5) is 11.4 Å². The molecule has 108 valence electrons. The number of amides is 1. The van der Waals surface area contributed by atoms with Crippen molar-refractivity contribution in [1.29, 1.82) is 0 Å². The summed E-state index contributed by atoms with van der Waals surface area (Å²) < 4.78 is 5.17. The summed E-state index contributed by atoms with van der Waals surface area (Å²) in [6, 6.07) is 7.53. The quantitative estimate of drug-likeness (QED) is 0.860. The number of ether oxygens (including phenoxy) is 1. The summed E-state index contributed by atoms with van der Waals surface area (Å²) >= 11 is 0. The fourth-order valence-electron chi connectivity index (χ4n) is 2.02. The maximum absolute atomic E-state index is 12.0. The third kappa shape index (κ3) is 3.74. The second kappa shape index (κ2) is 6.96. The van der Waals surface area contributed by atoms with E-state index in [1.165, 1.54) is 0 Å². The normalized spacial score (nSPS) is 14.2. The first-order chi connectivity index (χ1) is 9.70. The lowest BCUT2D eigenvalue weighted by Gasteiger charge is -2.18. The Kier molecular flexibility index (Phi) is 5.01. The van der Waals surface area contributed by atoms with Crippen LogP contribution in [0, 0.1) is 0 Å². The minimum Gasteiger partial charge on any atom is -0.501 e. The number of hydrogen-bond donors (Lipinski definition) is 2. The molecule has 0 radical (unpaired) electrons. The number of nitrogens with one attached hydrogen (secondary N) is 1. The van der Waals surface area contributed by atoms with Gasteiger partial charge in [0.05, 0.1) is 25.0 Å². The van der Waals surface area contributed by atoms with Crippen LogP contribution in [0.25, 0.3) is 0 Å². The standard InChI is InChI=1S/C15H20N2O3/c1-17(8-9-18)14-6-4-13(5-7-14)16-15(19)12-3-2-10-20-11-12/h4-7,11,18H,2-3,8-10H2,1H3,(H,16,19). The molecule has 0 aliphatic carbocycles. The Morgan fingerprint density at radius 1 is 1.40 bits per heavy atom. The van der Waals surface area contributed by atoms with Crippen molar-refractivity contribution < 1.29 is 14.6 Å². The second-order valence-corrected chi connectivity index (χ2v) is 4.76. The highest BCUT2D eigenvalue weighted by Crippen LogP contribution is 2.18. The molecule has 0 unspecified atom stereocenters. The van der Waals surface area contributed by atoms with Crippen LogP contribution >= 0.6 is 0 Å². The summed E-state index contributed by atoms with van der Waals surface area (Å²) in [7, 11) is 1.91. The summed E-state index contributed by atoms with van der Waals surface area (Å²) in [5.74, 6) is -0.110. The molecule has 1 aliphatic heterocycles. The van der Waals surface area contributed by atoms with Gasteiger partial charge >= 0.3 is 0 Å². The fourth-order valence-corrected chi connectivity index (χ4v) is 2.02. The molecule has 0 atom stereocenters. The van der Waals surface area contributed by atoms with Gasteiger partial charge in [-0.3, -0.25) is 4.79 Å². The van der Waals surface area contributed by atoms with Gasteiger partial charge in [0.1, 0.15) is 0 Å². The summed E-state index contributed by atoms with van der Waals surface area (Å²) in [6.07, 6.45) is 3.18. The van der Waals surface area contributed by atoms with E-state index in [-0.39, 0.29) is 12.5 Å². The minimum absolute atomic E-state index is 0.110. The number of benzene rings is 1. The van der Waals surface area contributed by atoms with Gasteiger partial charge in [0, 0.05) is 25.0 Å². The molecule has 1 aliphatic rings. The van der Waals surface area contributed by atoms with Crippen molar-refractivity contribution in [2.75, 3.05) is 37.0 Å². The Morgan fingerprint density at radius 3 is 2.75 bits per heavy atom. The lowest BCUT2D eigenvalue weighted by molar-refractivity contribution is -0.113. The van der Waals surface area contributed by atoms with Crippen LogP contribution in [-0.2, 0) is 9.53 Å². The number of anilines is 2. The van der Waals surface area contributed by atoms with Crippen LogP contribution in [0.2, 0.25) is 0 Å². The first kappa shape index (κ1) is 14.4. The van der Waals surface area contributed by atoms with Gasteiger partial charge in [0.15, 0.2) is 0 Å². The third-order valence-corrected chi connectivity index (χ3v) is 3.23. The van der Waals surface area contributed by atoms with E-state index in [9.17, 15) is 4.79 Å². The van der Waals surface area contributed by atoms with Crippen molar-refractivity contribution in [2.24, 2.45) is 0 Å². The van der Waals surface area contributed by atoms with Crippen LogP contribution in [0.1, 0.15) is 12.8 Å². The summed E-state index contributed by atoms with van der Waals surface area (Å²) in [5, 5.41) is 11.8. The number of hydrogen-bond acceptors (Lipinski definition) is 4. The molecule has 2 rings (SSSR count). The molecule has 20 heavy (non-hydrogen) atoms. The number of aliphatic hydroxyl groups excluding tert-OH is 1. The zero-order valence-corrected chi connectivity index (χ0v) is 11.6. The predicted octanol–water partition coefficient (Wildman–Crippen LogP) is 1.75. The van der Waals surface area contributed by atoms with Gasteiger partial charge < -0.3 is 20.1 Å². The second-order valence-electron chi connectivity index (χ2n) is 4.76. The summed E-state index contributed by atoms with van der Waals surface area (Å²) in [6.45, 7) is 1.38. The van der Waals surface area contributed by atoms with Crippen LogP contribution in [0.5, 0.6) is 0 Å². The van der Waals surface area contributed by atoms with Crippen molar-refractivity contribution >= 4 is 17.3 Å². The zero-order valence-electron chi connectivity index (χ0n) is 11.6. The first-order valence-corrected chi connectivity index (χ1v) is 6.75. The van der Waals surface area contributed by atoms with E-state index < -0.39 is 0 Å². The van der Waals surface area contributed by atoms with E-state index in [0.29, 0.717) is 18.7 Å². The van der Waals surface area contributed by atoms with E-state index in [4.69, 9.17) is 9.84 Å². The van der Waals surface area contributed by atoms with E-state index in [1.807, 2.05) is 36.2 Å². The highest BCUT2D eigenvalue weighted by atomic mass is 16.5. The molecular formula is C15H20N2O3. The molecule has 0 spiro atoms. The van der Waals surface area contributed by atoms with Crippen LogP contribution in [0.3, 0.4) is 0 Å². The molecule has 0 fully saturated rings. The Morgan fingerprint density at radius 2 is 2.15 bits per heavy atom. The van der Waals surface area contributed by atoms with E-state index in [1.54, 1.807) is 6.26 Å². The van der Waals surface area contributed by atoms with Gasteiger partial charge in [0.2, 0.25) is 0 Å². The number of aliphatic hydroxyl groups is 1. The highest BCUT2D eigenvalue weighted by molar-refractivity contribution is 6.03. The zero-order chi connectivity index (χ0) is 14.4. The Bertz CT molecular complexity index is 482. The van der Waals surface area contributed by atoms with Gasteiger partial charge in [-0.25, -0.2) is 0 Å². The minimum atomic E-state index is -0.110. The molecule has 1 heterocycles. The van der Waals surface area contributed by atoms with Crippen molar-refractivity contribution in [2.45, 2.75) is 12.8 Å². The van der Waals surface area contributed by atoms with E-state index >= 15 is 0 Å². The average Bonchev–Trinajstić information content (AvgIpc) is 2.49. The molecule has 1 aromatic carbocycles.